The Bertz CT molecular complexity index is 541. The summed E-state index contributed by atoms with van der Waals surface area (Å²) in [7, 11) is 0. The average molecular weight is 289 g/mol. The van der Waals surface area contributed by atoms with Crippen LogP contribution in [0.15, 0.2) is 6.07 Å². The van der Waals surface area contributed by atoms with Crippen LogP contribution in [-0.4, -0.2) is 16.5 Å². The molecule has 1 aromatic heterocycles. The summed E-state index contributed by atoms with van der Waals surface area (Å²) in [5.41, 5.74) is 9.77. The maximum atomic E-state index is 5.86. The highest BCUT2D eigenvalue weighted by Crippen LogP contribution is 2.48. The monoisotopic (exact) mass is 289 g/mol. The molecule has 4 heteroatoms. The van der Waals surface area contributed by atoms with Crippen LogP contribution in [0.1, 0.15) is 42.6 Å². The zero-order valence-corrected chi connectivity index (χ0v) is 13.1. The first kappa shape index (κ1) is 13.8. The predicted molar refractivity (Wildman–Crippen MR) is 87.0 cm³/mol. The molecule has 20 heavy (non-hydrogen) atoms. The van der Waals surface area contributed by atoms with Crippen molar-refractivity contribution in [1.82, 2.24) is 4.98 Å². The van der Waals surface area contributed by atoms with Crippen molar-refractivity contribution in [3.05, 3.63) is 23.0 Å². The second-order valence-electron chi connectivity index (χ2n) is 6.45. The molecule has 3 atom stereocenters. The van der Waals surface area contributed by atoms with E-state index in [-0.39, 0.29) is 0 Å². The number of anilines is 1. The molecule has 0 spiro atoms. The summed E-state index contributed by atoms with van der Waals surface area (Å²) in [6.07, 6.45) is 5.71. The lowest BCUT2D eigenvalue weighted by Gasteiger charge is -2.23. The number of aromatic nitrogens is 1. The molecule has 2 aliphatic carbocycles. The van der Waals surface area contributed by atoms with Crippen molar-refractivity contribution in [2.75, 3.05) is 11.9 Å². The molecule has 3 rings (SSSR count). The van der Waals surface area contributed by atoms with Crippen molar-refractivity contribution >= 4 is 22.9 Å². The summed E-state index contributed by atoms with van der Waals surface area (Å²) in [4.78, 5) is 4.90. The lowest BCUT2D eigenvalue weighted by Crippen LogP contribution is -2.23. The van der Waals surface area contributed by atoms with E-state index in [2.05, 4.69) is 16.4 Å². The van der Waals surface area contributed by atoms with Crippen LogP contribution >= 0.6 is 12.2 Å². The van der Waals surface area contributed by atoms with E-state index in [0.717, 1.165) is 46.9 Å². The molecular formula is C16H23N3S. The second-order valence-corrected chi connectivity index (χ2v) is 6.89. The van der Waals surface area contributed by atoms with Crippen LogP contribution in [0, 0.1) is 31.6 Å². The van der Waals surface area contributed by atoms with Gasteiger partial charge >= 0.3 is 0 Å². The fourth-order valence-corrected chi connectivity index (χ4v) is 4.40. The molecule has 0 saturated heterocycles. The van der Waals surface area contributed by atoms with E-state index in [1.54, 1.807) is 0 Å². The van der Waals surface area contributed by atoms with E-state index >= 15 is 0 Å². The Morgan fingerprint density at radius 1 is 1.40 bits per heavy atom. The van der Waals surface area contributed by atoms with Crippen LogP contribution in [0.5, 0.6) is 0 Å². The summed E-state index contributed by atoms with van der Waals surface area (Å²) < 4.78 is 0. The minimum Gasteiger partial charge on any atom is -0.389 e. The lowest BCUT2D eigenvalue weighted by atomic mass is 9.89. The standard InChI is InChI=1S/C16H23N3S/c1-9-5-14(15(16(17)20)10(2)19-9)18-8-13-7-11-3-4-12(13)6-11/h5,11-13H,3-4,6-8H2,1-2H3,(H2,17,20)(H,18,19). The van der Waals surface area contributed by atoms with Gasteiger partial charge in [0.2, 0.25) is 0 Å². The van der Waals surface area contributed by atoms with Crippen LogP contribution in [0.4, 0.5) is 5.69 Å². The fraction of sp³-hybridized carbons (Fsp3) is 0.625. The van der Waals surface area contributed by atoms with Gasteiger partial charge in [0.1, 0.15) is 4.99 Å². The molecular weight excluding hydrogens is 266 g/mol. The zero-order valence-electron chi connectivity index (χ0n) is 12.3. The van der Waals surface area contributed by atoms with Crippen molar-refractivity contribution in [3.8, 4) is 0 Å². The van der Waals surface area contributed by atoms with Crippen molar-refractivity contribution in [2.24, 2.45) is 23.5 Å². The van der Waals surface area contributed by atoms with Gasteiger partial charge in [0.05, 0.1) is 5.56 Å². The van der Waals surface area contributed by atoms with Gasteiger partial charge in [-0.2, -0.15) is 0 Å². The minimum absolute atomic E-state index is 0.436. The topological polar surface area (TPSA) is 50.9 Å². The summed E-state index contributed by atoms with van der Waals surface area (Å²) in [6, 6.07) is 2.06. The molecule has 2 aliphatic rings. The van der Waals surface area contributed by atoms with Crippen LogP contribution in [0.25, 0.3) is 0 Å². The van der Waals surface area contributed by atoms with E-state index in [0.29, 0.717) is 4.99 Å². The van der Waals surface area contributed by atoms with Gasteiger partial charge in [-0.1, -0.05) is 18.6 Å². The van der Waals surface area contributed by atoms with Gasteiger partial charge in [0.25, 0.3) is 0 Å². The normalized spacial score (nSPS) is 27.8. The largest absolute Gasteiger partial charge is 0.389 e. The molecule has 108 valence electrons. The Morgan fingerprint density at radius 3 is 2.80 bits per heavy atom. The third-order valence-corrected chi connectivity index (χ3v) is 5.22. The van der Waals surface area contributed by atoms with Crippen LogP contribution in [-0.2, 0) is 0 Å². The number of nitrogens with zero attached hydrogens (tertiary/aromatic N) is 1. The van der Waals surface area contributed by atoms with E-state index in [4.69, 9.17) is 18.0 Å². The fourth-order valence-electron chi connectivity index (χ4n) is 4.15. The molecule has 3 unspecified atom stereocenters. The molecule has 0 amide bonds. The van der Waals surface area contributed by atoms with Crippen molar-refractivity contribution in [1.29, 1.82) is 0 Å². The number of rotatable bonds is 4. The smallest absolute Gasteiger partial charge is 0.107 e. The highest BCUT2D eigenvalue weighted by Gasteiger charge is 2.39. The highest BCUT2D eigenvalue weighted by atomic mass is 32.1. The summed E-state index contributed by atoms with van der Waals surface area (Å²) in [6.45, 7) is 5.03. The number of aryl methyl sites for hydroxylation is 2. The third-order valence-electron chi connectivity index (χ3n) is 5.01. The molecule has 0 aliphatic heterocycles. The van der Waals surface area contributed by atoms with Gasteiger partial charge in [0, 0.05) is 23.6 Å². The molecule has 3 N–H and O–H groups in total. The number of pyridine rings is 1. The van der Waals surface area contributed by atoms with Crippen LogP contribution < -0.4 is 11.1 Å². The number of hydrogen-bond acceptors (Lipinski definition) is 3. The Balaban J connectivity index is 1.75. The molecule has 0 radical (unpaired) electrons. The maximum absolute atomic E-state index is 5.86. The van der Waals surface area contributed by atoms with Crippen LogP contribution in [0.2, 0.25) is 0 Å². The molecule has 1 heterocycles. The van der Waals surface area contributed by atoms with E-state index in [1.165, 1.54) is 25.7 Å². The Morgan fingerprint density at radius 2 is 2.20 bits per heavy atom. The Labute approximate surface area is 126 Å². The molecule has 1 aromatic rings. The number of thiocarbonyl (C=S) groups is 1. The van der Waals surface area contributed by atoms with Crippen LogP contribution in [0.3, 0.4) is 0 Å². The molecule has 0 aromatic carbocycles. The first-order valence-electron chi connectivity index (χ1n) is 7.56. The van der Waals surface area contributed by atoms with Gasteiger partial charge in [-0.15, -0.1) is 0 Å². The quantitative estimate of drug-likeness (QED) is 0.836. The SMILES string of the molecule is Cc1cc(NCC2CC3CCC2C3)c(C(N)=S)c(C)n1. The van der Waals surface area contributed by atoms with E-state index in [1.807, 2.05) is 13.8 Å². The zero-order chi connectivity index (χ0) is 14.3. The third kappa shape index (κ3) is 2.53. The van der Waals surface area contributed by atoms with Crippen molar-refractivity contribution in [3.63, 3.8) is 0 Å². The molecule has 2 bridgehead atoms. The first-order valence-corrected chi connectivity index (χ1v) is 7.97. The van der Waals surface area contributed by atoms with Crippen molar-refractivity contribution in [2.45, 2.75) is 39.5 Å². The highest BCUT2D eigenvalue weighted by molar-refractivity contribution is 7.80. The lowest BCUT2D eigenvalue weighted by molar-refractivity contribution is 0.348. The first-order chi connectivity index (χ1) is 9.54. The van der Waals surface area contributed by atoms with Crippen molar-refractivity contribution < 1.29 is 0 Å². The Hall–Kier alpha value is -1.16. The molecule has 3 nitrogen and oxygen atoms in total. The van der Waals surface area contributed by atoms with Gasteiger partial charge in [0.15, 0.2) is 0 Å². The van der Waals surface area contributed by atoms with Gasteiger partial charge < -0.3 is 11.1 Å². The summed E-state index contributed by atoms with van der Waals surface area (Å²) >= 11 is 5.18. The molecule has 2 saturated carbocycles. The number of hydrogen-bond donors (Lipinski definition) is 2. The number of nitrogens with one attached hydrogen (secondary N) is 1. The second kappa shape index (κ2) is 5.32. The molecule has 2 fully saturated rings. The Kier molecular flexibility index (Phi) is 3.67. The summed E-state index contributed by atoms with van der Waals surface area (Å²) in [5.74, 6) is 2.74. The van der Waals surface area contributed by atoms with E-state index in [9.17, 15) is 0 Å². The summed E-state index contributed by atoms with van der Waals surface area (Å²) in [5, 5.41) is 3.60. The predicted octanol–water partition coefficient (Wildman–Crippen LogP) is 3.18. The van der Waals surface area contributed by atoms with Gasteiger partial charge in [-0.05, 0) is 56.9 Å². The number of nitrogens with two attached hydrogens (primary N) is 1. The minimum atomic E-state index is 0.436. The maximum Gasteiger partial charge on any atom is 0.107 e. The van der Waals surface area contributed by atoms with Gasteiger partial charge in [-0.3, -0.25) is 4.98 Å². The van der Waals surface area contributed by atoms with E-state index < -0.39 is 0 Å². The average Bonchev–Trinajstić information content (AvgIpc) is 2.96. The number of fused-ring (bicyclic) bond motifs is 2. The van der Waals surface area contributed by atoms with Gasteiger partial charge in [-0.25, -0.2) is 0 Å².